The number of carbonyl (C=O) groups excluding carboxylic acids is 1. The van der Waals surface area contributed by atoms with Gasteiger partial charge in [0.05, 0.1) is 0 Å². The largest absolute Gasteiger partial charge is 0.427 e. The highest BCUT2D eigenvalue weighted by Crippen LogP contribution is 2.22. The van der Waals surface area contributed by atoms with Gasteiger partial charge in [-0.2, -0.15) is 0 Å². The van der Waals surface area contributed by atoms with E-state index in [-0.39, 0.29) is 12.0 Å². The number of nitrogens with two attached hydrogens (primary N) is 1. The van der Waals surface area contributed by atoms with Crippen molar-refractivity contribution in [1.82, 2.24) is 0 Å². The molecule has 0 aliphatic heterocycles. The second-order valence-corrected chi connectivity index (χ2v) is 4.74. The van der Waals surface area contributed by atoms with Crippen LogP contribution < -0.4 is 10.5 Å². The highest BCUT2D eigenvalue weighted by atomic mass is 16.5. The summed E-state index contributed by atoms with van der Waals surface area (Å²) in [4.78, 5) is 10.9. The molecule has 3 nitrogen and oxygen atoms in total. The molecule has 1 atom stereocenters. The van der Waals surface area contributed by atoms with Gasteiger partial charge in [0.1, 0.15) is 5.75 Å². The summed E-state index contributed by atoms with van der Waals surface area (Å²) >= 11 is 0. The first-order valence-electron chi connectivity index (χ1n) is 6.03. The van der Waals surface area contributed by atoms with Gasteiger partial charge >= 0.3 is 5.97 Å². The Morgan fingerprint density at radius 1 is 1.35 bits per heavy atom. The second-order valence-electron chi connectivity index (χ2n) is 4.74. The minimum Gasteiger partial charge on any atom is -0.427 e. The van der Waals surface area contributed by atoms with Gasteiger partial charge in [0, 0.05) is 13.0 Å². The topological polar surface area (TPSA) is 52.3 Å². The zero-order valence-electron chi connectivity index (χ0n) is 10.8. The molecule has 1 aromatic carbocycles. The number of rotatable bonds is 5. The molecule has 0 unspecified atom stereocenters. The number of hydrogen-bond donors (Lipinski definition) is 1. The second kappa shape index (κ2) is 6.40. The molecule has 0 heterocycles. The van der Waals surface area contributed by atoms with Crippen LogP contribution >= 0.6 is 0 Å². The number of ether oxygens (including phenoxy) is 1. The predicted molar refractivity (Wildman–Crippen MR) is 68.8 cm³/mol. The van der Waals surface area contributed by atoms with Crippen molar-refractivity contribution < 1.29 is 9.53 Å². The molecule has 0 radical (unpaired) electrons. The first-order valence-corrected chi connectivity index (χ1v) is 6.03. The number of hydrogen-bond acceptors (Lipinski definition) is 3. The fraction of sp³-hybridized carbons (Fsp3) is 0.500. The van der Waals surface area contributed by atoms with E-state index in [9.17, 15) is 4.79 Å². The molecule has 94 valence electrons. The van der Waals surface area contributed by atoms with Gasteiger partial charge in [-0.15, -0.1) is 0 Å². The average molecular weight is 235 g/mol. The number of esters is 1. The molecule has 1 aromatic rings. The van der Waals surface area contributed by atoms with Crippen molar-refractivity contribution in [2.45, 2.75) is 39.7 Å². The smallest absolute Gasteiger partial charge is 0.308 e. The molecule has 0 aliphatic carbocycles. The molecular formula is C14H21NO2. The van der Waals surface area contributed by atoms with Crippen molar-refractivity contribution in [3.8, 4) is 5.75 Å². The van der Waals surface area contributed by atoms with Gasteiger partial charge in [0.25, 0.3) is 0 Å². The molecule has 0 fully saturated rings. The third kappa shape index (κ3) is 5.00. The SMILES string of the molecule is CC(=O)Oc1cccc([C@H](N)CCC(C)C)c1. The first-order chi connectivity index (χ1) is 7.99. The maximum absolute atomic E-state index is 10.9. The van der Waals surface area contributed by atoms with Gasteiger partial charge in [0.2, 0.25) is 0 Å². The van der Waals surface area contributed by atoms with Gasteiger partial charge in [-0.05, 0) is 36.5 Å². The Labute approximate surface area is 103 Å². The van der Waals surface area contributed by atoms with Gasteiger partial charge in [0.15, 0.2) is 0 Å². The Bertz CT molecular complexity index is 374. The summed E-state index contributed by atoms with van der Waals surface area (Å²) in [6, 6.07) is 7.45. The Balaban J connectivity index is 2.66. The van der Waals surface area contributed by atoms with Crippen molar-refractivity contribution in [1.29, 1.82) is 0 Å². The third-order valence-corrected chi connectivity index (χ3v) is 2.60. The molecule has 0 spiro atoms. The van der Waals surface area contributed by atoms with E-state index in [1.54, 1.807) is 6.07 Å². The van der Waals surface area contributed by atoms with Gasteiger partial charge in [-0.3, -0.25) is 4.79 Å². The Kier molecular flexibility index (Phi) is 5.16. The van der Waals surface area contributed by atoms with E-state index >= 15 is 0 Å². The summed E-state index contributed by atoms with van der Waals surface area (Å²) in [7, 11) is 0. The van der Waals surface area contributed by atoms with Gasteiger partial charge < -0.3 is 10.5 Å². The third-order valence-electron chi connectivity index (χ3n) is 2.60. The van der Waals surface area contributed by atoms with Crippen LogP contribution in [0, 0.1) is 5.92 Å². The maximum atomic E-state index is 10.9. The molecule has 1 rings (SSSR count). The zero-order valence-corrected chi connectivity index (χ0v) is 10.8. The fourth-order valence-electron chi connectivity index (χ4n) is 1.65. The molecular weight excluding hydrogens is 214 g/mol. The normalized spacial score (nSPS) is 12.5. The summed E-state index contributed by atoms with van der Waals surface area (Å²) in [5.74, 6) is 0.908. The fourth-order valence-corrected chi connectivity index (χ4v) is 1.65. The summed E-state index contributed by atoms with van der Waals surface area (Å²) in [6.07, 6.45) is 2.04. The molecule has 0 saturated carbocycles. The molecule has 0 saturated heterocycles. The first kappa shape index (κ1) is 13.7. The van der Waals surface area contributed by atoms with Crippen molar-refractivity contribution >= 4 is 5.97 Å². The summed E-state index contributed by atoms with van der Waals surface area (Å²) < 4.78 is 5.04. The summed E-state index contributed by atoms with van der Waals surface area (Å²) in [5, 5.41) is 0. The van der Waals surface area contributed by atoms with Crippen LogP contribution in [0.15, 0.2) is 24.3 Å². The van der Waals surface area contributed by atoms with Crippen LogP contribution in [-0.4, -0.2) is 5.97 Å². The molecule has 3 heteroatoms. The van der Waals surface area contributed by atoms with Gasteiger partial charge in [-0.1, -0.05) is 26.0 Å². The minimum atomic E-state index is -0.307. The average Bonchev–Trinajstić information content (AvgIpc) is 2.25. The van der Waals surface area contributed by atoms with E-state index in [0.29, 0.717) is 11.7 Å². The molecule has 0 amide bonds. The maximum Gasteiger partial charge on any atom is 0.308 e. The number of benzene rings is 1. The number of carbonyl (C=O) groups is 1. The summed E-state index contributed by atoms with van der Waals surface area (Å²) in [6.45, 7) is 5.76. The Morgan fingerprint density at radius 2 is 2.06 bits per heavy atom. The lowest BCUT2D eigenvalue weighted by molar-refractivity contribution is -0.131. The highest BCUT2D eigenvalue weighted by Gasteiger charge is 2.08. The van der Waals surface area contributed by atoms with Crippen LogP contribution in [0.4, 0.5) is 0 Å². The lowest BCUT2D eigenvalue weighted by atomic mass is 9.98. The van der Waals surface area contributed by atoms with Crippen molar-refractivity contribution in [2.24, 2.45) is 11.7 Å². The quantitative estimate of drug-likeness (QED) is 0.630. The standard InChI is InChI=1S/C14H21NO2/c1-10(2)7-8-14(15)12-5-4-6-13(9-12)17-11(3)16/h4-6,9-10,14H,7-8,15H2,1-3H3/t14-/m1/s1. The Hall–Kier alpha value is -1.35. The van der Waals surface area contributed by atoms with Crippen molar-refractivity contribution in [3.05, 3.63) is 29.8 Å². The Morgan fingerprint density at radius 3 is 2.65 bits per heavy atom. The van der Waals surface area contributed by atoms with Crippen LogP contribution in [0.25, 0.3) is 0 Å². The van der Waals surface area contributed by atoms with Crippen LogP contribution in [-0.2, 0) is 4.79 Å². The van der Waals surface area contributed by atoms with Gasteiger partial charge in [-0.25, -0.2) is 0 Å². The highest BCUT2D eigenvalue weighted by molar-refractivity contribution is 5.69. The monoisotopic (exact) mass is 235 g/mol. The summed E-state index contributed by atoms with van der Waals surface area (Å²) in [5.41, 5.74) is 7.12. The lowest BCUT2D eigenvalue weighted by Crippen LogP contribution is -2.11. The van der Waals surface area contributed by atoms with E-state index < -0.39 is 0 Å². The lowest BCUT2D eigenvalue weighted by Gasteiger charge is -2.14. The molecule has 17 heavy (non-hydrogen) atoms. The van der Waals surface area contributed by atoms with E-state index in [0.717, 1.165) is 18.4 Å². The van der Waals surface area contributed by atoms with Crippen molar-refractivity contribution in [2.75, 3.05) is 0 Å². The molecule has 0 aliphatic rings. The molecule has 0 bridgehead atoms. The van der Waals surface area contributed by atoms with Crippen LogP contribution in [0.1, 0.15) is 45.2 Å². The molecule has 2 N–H and O–H groups in total. The van der Waals surface area contributed by atoms with E-state index in [1.807, 2.05) is 18.2 Å². The van der Waals surface area contributed by atoms with E-state index in [1.165, 1.54) is 6.92 Å². The van der Waals surface area contributed by atoms with Crippen molar-refractivity contribution in [3.63, 3.8) is 0 Å². The van der Waals surface area contributed by atoms with E-state index in [2.05, 4.69) is 13.8 Å². The van der Waals surface area contributed by atoms with Crippen LogP contribution in [0.3, 0.4) is 0 Å². The molecule has 0 aromatic heterocycles. The van der Waals surface area contributed by atoms with E-state index in [4.69, 9.17) is 10.5 Å². The van der Waals surface area contributed by atoms with Crippen LogP contribution in [0.2, 0.25) is 0 Å². The van der Waals surface area contributed by atoms with Crippen LogP contribution in [0.5, 0.6) is 5.75 Å². The minimum absolute atomic E-state index is 0.00732. The zero-order chi connectivity index (χ0) is 12.8. The predicted octanol–water partition coefficient (Wildman–Crippen LogP) is 3.05.